The average Bonchev–Trinajstić information content (AvgIpc) is 2.36. The van der Waals surface area contributed by atoms with Crippen molar-refractivity contribution in [2.24, 2.45) is 5.73 Å². The van der Waals surface area contributed by atoms with Crippen LogP contribution in [0.4, 0.5) is 5.69 Å². The van der Waals surface area contributed by atoms with Gasteiger partial charge < -0.3 is 11.1 Å². The summed E-state index contributed by atoms with van der Waals surface area (Å²) in [4.78, 5) is 11.9. The number of rotatable bonds is 6. The molecule has 0 radical (unpaired) electrons. The predicted octanol–water partition coefficient (Wildman–Crippen LogP) is 1.05. The van der Waals surface area contributed by atoms with Crippen LogP contribution < -0.4 is 15.8 Å². The monoisotopic (exact) mass is 299 g/mol. The van der Waals surface area contributed by atoms with Crippen LogP contribution >= 0.6 is 0 Å². The van der Waals surface area contributed by atoms with Gasteiger partial charge in [-0.3, -0.25) is 4.79 Å². The molecule has 0 unspecified atom stereocenters. The normalized spacial score (nSPS) is 12.2. The summed E-state index contributed by atoms with van der Waals surface area (Å²) in [5, 5.41) is 2.70. The SMILES string of the molecule is CNS(=O)(=O)c1ccc(NC(=O)CCC(C)(C)N)cc1. The molecule has 0 aliphatic carbocycles. The molecule has 1 rings (SSSR count). The van der Waals surface area contributed by atoms with Crippen molar-refractivity contribution in [1.82, 2.24) is 4.72 Å². The Labute approximate surface area is 119 Å². The fraction of sp³-hybridized carbons (Fsp3) is 0.462. The number of nitrogens with one attached hydrogen (secondary N) is 2. The van der Waals surface area contributed by atoms with Gasteiger partial charge >= 0.3 is 0 Å². The maximum atomic E-state index is 11.7. The molecule has 7 heteroatoms. The molecule has 112 valence electrons. The predicted molar refractivity (Wildman–Crippen MR) is 78.8 cm³/mol. The van der Waals surface area contributed by atoms with Crippen LogP contribution in [0, 0.1) is 0 Å². The zero-order valence-electron chi connectivity index (χ0n) is 11.9. The summed E-state index contributed by atoms with van der Waals surface area (Å²) < 4.78 is 25.3. The Morgan fingerprint density at radius 1 is 1.25 bits per heavy atom. The molecule has 0 spiro atoms. The number of nitrogens with two attached hydrogens (primary N) is 1. The van der Waals surface area contributed by atoms with Crippen LogP contribution in [0.1, 0.15) is 26.7 Å². The standard InChI is InChI=1S/C13H21N3O3S/c1-13(2,14)9-8-12(17)16-10-4-6-11(7-5-10)20(18,19)15-3/h4-7,15H,8-9,14H2,1-3H3,(H,16,17). The number of sulfonamides is 1. The van der Waals surface area contributed by atoms with Crippen LogP contribution in [-0.2, 0) is 14.8 Å². The van der Waals surface area contributed by atoms with Crippen LogP contribution in [0.15, 0.2) is 29.2 Å². The van der Waals surface area contributed by atoms with Crippen molar-refractivity contribution in [1.29, 1.82) is 0 Å². The molecular formula is C13H21N3O3S. The third-order valence-electron chi connectivity index (χ3n) is 2.71. The maximum Gasteiger partial charge on any atom is 0.240 e. The van der Waals surface area contributed by atoms with Gasteiger partial charge in [0.15, 0.2) is 0 Å². The summed E-state index contributed by atoms with van der Waals surface area (Å²) in [6.45, 7) is 3.72. The zero-order chi connectivity index (χ0) is 15.4. The lowest BCUT2D eigenvalue weighted by Gasteiger charge is -2.17. The van der Waals surface area contributed by atoms with Crippen molar-refractivity contribution in [3.63, 3.8) is 0 Å². The summed E-state index contributed by atoms with van der Waals surface area (Å²) in [5.74, 6) is -0.146. The molecule has 0 aliphatic rings. The van der Waals surface area contributed by atoms with E-state index in [9.17, 15) is 13.2 Å². The quantitative estimate of drug-likeness (QED) is 0.730. The average molecular weight is 299 g/mol. The second-order valence-corrected chi connectivity index (χ2v) is 7.16. The second-order valence-electron chi connectivity index (χ2n) is 5.27. The summed E-state index contributed by atoms with van der Waals surface area (Å²) in [7, 11) is -2.11. The van der Waals surface area contributed by atoms with Crippen molar-refractivity contribution < 1.29 is 13.2 Å². The Kier molecular flexibility index (Phi) is 5.27. The van der Waals surface area contributed by atoms with Crippen molar-refractivity contribution in [3.8, 4) is 0 Å². The summed E-state index contributed by atoms with van der Waals surface area (Å²) >= 11 is 0. The van der Waals surface area contributed by atoms with Gasteiger partial charge in [0.05, 0.1) is 4.90 Å². The van der Waals surface area contributed by atoms with Gasteiger partial charge in [0.1, 0.15) is 0 Å². The second kappa shape index (κ2) is 6.34. The molecule has 0 aliphatic heterocycles. The lowest BCUT2D eigenvalue weighted by Crippen LogP contribution is -2.33. The number of amides is 1. The maximum absolute atomic E-state index is 11.7. The number of anilines is 1. The van der Waals surface area contributed by atoms with Gasteiger partial charge in [-0.05, 0) is 51.6 Å². The van der Waals surface area contributed by atoms with E-state index in [0.717, 1.165) is 0 Å². The van der Waals surface area contributed by atoms with E-state index in [1.165, 1.54) is 19.2 Å². The van der Waals surface area contributed by atoms with Crippen molar-refractivity contribution in [3.05, 3.63) is 24.3 Å². The van der Waals surface area contributed by atoms with Crippen LogP contribution in [0.3, 0.4) is 0 Å². The highest BCUT2D eigenvalue weighted by Gasteiger charge is 2.14. The minimum atomic E-state index is -3.45. The first-order chi connectivity index (χ1) is 9.14. The third-order valence-corrected chi connectivity index (χ3v) is 4.14. The highest BCUT2D eigenvalue weighted by Crippen LogP contribution is 2.15. The molecule has 0 saturated heterocycles. The molecule has 0 saturated carbocycles. The first-order valence-electron chi connectivity index (χ1n) is 6.26. The van der Waals surface area contributed by atoms with Gasteiger partial charge in [-0.15, -0.1) is 0 Å². The molecule has 0 heterocycles. The van der Waals surface area contributed by atoms with Gasteiger partial charge in [-0.1, -0.05) is 0 Å². The minimum Gasteiger partial charge on any atom is -0.326 e. The van der Waals surface area contributed by atoms with E-state index in [2.05, 4.69) is 10.0 Å². The summed E-state index contributed by atoms with van der Waals surface area (Å²) in [6, 6.07) is 5.98. The number of hydrogen-bond acceptors (Lipinski definition) is 4. The molecule has 0 aromatic heterocycles. The van der Waals surface area contributed by atoms with E-state index in [-0.39, 0.29) is 16.3 Å². The molecule has 1 amide bonds. The summed E-state index contributed by atoms with van der Waals surface area (Å²) in [5.41, 5.74) is 5.98. The molecule has 1 aromatic carbocycles. The Hall–Kier alpha value is -1.44. The number of benzene rings is 1. The van der Waals surface area contributed by atoms with Crippen LogP contribution in [0.2, 0.25) is 0 Å². The van der Waals surface area contributed by atoms with Crippen molar-refractivity contribution in [2.45, 2.75) is 37.1 Å². The first-order valence-corrected chi connectivity index (χ1v) is 7.75. The molecule has 20 heavy (non-hydrogen) atoms. The zero-order valence-corrected chi connectivity index (χ0v) is 12.8. The van der Waals surface area contributed by atoms with E-state index in [0.29, 0.717) is 18.5 Å². The van der Waals surface area contributed by atoms with E-state index in [1.807, 2.05) is 13.8 Å². The molecular weight excluding hydrogens is 278 g/mol. The largest absolute Gasteiger partial charge is 0.326 e. The van der Waals surface area contributed by atoms with E-state index < -0.39 is 10.0 Å². The van der Waals surface area contributed by atoms with Crippen LogP contribution in [0.25, 0.3) is 0 Å². The van der Waals surface area contributed by atoms with Gasteiger partial charge in [0.2, 0.25) is 15.9 Å². The number of carbonyl (C=O) groups is 1. The Morgan fingerprint density at radius 2 is 1.80 bits per heavy atom. The van der Waals surface area contributed by atoms with E-state index in [1.54, 1.807) is 12.1 Å². The molecule has 4 N–H and O–H groups in total. The van der Waals surface area contributed by atoms with Crippen LogP contribution in [0.5, 0.6) is 0 Å². The van der Waals surface area contributed by atoms with E-state index in [4.69, 9.17) is 5.73 Å². The lowest BCUT2D eigenvalue weighted by molar-refractivity contribution is -0.116. The van der Waals surface area contributed by atoms with E-state index >= 15 is 0 Å². The minimum absolute atomic E-state index is 0.146. The van der Waals surface area contributed by atoms with Crippen molar-refractivity contribution >= 4 is 21.6 Å². The summed E-state index contributed by atoms with van der Waals surface area (Å²) in [6.07, 6.45) is 0.894. The van der Waals surface area contributed by atoms with Crippen LogP contribution in [-0.4, -0.2) is 26.9 Å². The topological polar surface area (TPSA) is 101 Å². The Bertz CT molecular complexity index is 560. The fourth-order valence-corrected chi connectivity index (χ4v) is 2.22. The van der Waals surface area contributed by atoms with Crippen molar-refractivity contribution in [2.75, 3.05) is 12.4 Å². The highest BCUT2D eigenvalue weighted by atomic mass is 32.2. The third kappa shape index (κ3) is 5.28. The Balaban J connectivity index is 2.65. The molecule has 0 fully saturated rings. The van der Waals surface area contributed by atoms with Gasteiger partial charge in [0, 0.05) is 17.6 Å². The number of hydrogen-bond donors (Lipinski definition) is 3. The van der Waals surface area contributed by atoms with Gasteiger partial charge in [-0.2, -0.15) is 0 Å². The Morgan fingerprint density at radius 3 is 2.25 bits per heavy atom. The first kappa shape index (κ1) is 16.6. The van der Waals surface area contributed by atoms with Gasteiger partial charge in [0.25, 0.3) is 0 Å². The lowest BCUT2D eigenvalue weighted by atomic mass is 10.00. The molecule has 0 bridgehead atoms. The highest BCUT2D eigenvalue weighted by molar-refractivity contribution is 7.89. The van der Waals surface area contributed by atoms with Gasteiger partial charge in [-0.25, -0.2) is 13.1 Å². The molecule has 6 nitrogen and oxygen atoms in total. The smallest absolute Gasteiger partial charge is 0.240 e. The fourth-order valence-electron chi connectivity index (χ4n) is 1.49. The number of carbonyl (C=O) groups excluding carboxylic acids is 1. The molecule has 0 atom stereocenters. The molecule has 1 aromatic rings.